The summed E-state index contributed by atoms with van der Waals surface area (Å²) < 4.78 is 0. The molecular formula is C50H49N. The Kier molecular flexibility index (Phi) is 7.49. The van der Waals surface area contributed by atoms with Gasteiger partial charge < -0.3 is 4.90 Å². The maximum absolute atomic E-state index is 2.56. The molecule has 6 aromatic rings. The number of benzene rings is 6. The average Bonchev–Trinajstić information content (AvgIpc) is 3.88. The molecule has 3 saturated carbocycles. The molecule has 10 rings (SSSR count). The number of hydrogen-bond acceptors (Lipinski definition) is 1. The second-order valence-electron chi connectivity index (χ2n) is 16.7. The molecule has 1 heteroatoms. The fraction of sp³-hybridized carbons (Fsp3) is 0.320. The first-order chi connectivity index (χ1) is 25.0. The van der Waals surface area contributed by atoms with Gasteiger partial charge in [-0.25, -0.2) is 0 Å². The van der Waals surface area contributed by atoms with Crippen LogP contribution < -0.4 is 4.90 Å². The molecule has 3 atom stereocenters. The summed E-state index contributed by atoms with van der Waals surface area (Å²) in [4.78, 5) is 2.56. The molecule has 0 saturated heterocycles. The highest BCUT2D eigenvalue weighted by molar-refractivity contribution is 6.01. The summed E-state index contributed by atoms with van der Waals surface area (Å²) in [7, 11) is 0. The Labute approximate surface area is 304 Å². The van der Waals surface area contributed by atoms with Gasteiger partial charge in [0.05, 0.1) is 5.69 Å². The van der Waals surface area contributed by atoms with E-state index in [0.29, 0.717) is 11.8 Å². The Balaban J connectivity index is 1.11. The number of rotatable bonds is 6. The van der Waals surface area contributed by atoms with Crippen LogP contribution >= 0.6 is 0 Å². The van der Waals surface area contributed by atoms with Gasteiger partial charge in [-0.2, -0.15) is 0 Å². The van der Waals surface area contributed by atoms with E-state index in [1.54, 1.807) is 5.56 Å². The van der Waals surface area contributed by atoms with E-state index in [-0.39, 0.29) is 5.41 Å². The van der Waals surface area contributed by atoms with Crippen molar-refractivity contribution in [3.05, 3.63) is 150 Å². The van der Waals surface area contributed by atoms with Gasteiger partial charge in [0, 0.05) is 22.2 Å². The van der Waals surface area contributed by atoms with E-state index in [1.807, 2.05) is 0 Å². The zero-order valence-electron chi connectivity index (χ0n) is 30.2. The van der Waals surface area contributed by atoms with Crippen LogP contribution in [0.2, 0.25) is 0 Å². The molecule has 6 aromatic carbocycles. The summed E-state index contributed by atoms with van der Waals surface area (Å²) in [5.41, 5.74) is 14.9. The molecule has 0 spiro atoms. The van der Waals surface area contributed by atoms with E-state index in [0.717, 1.165) is 11.8 Å². The Hall–Kier alpha value is -4.62. The second kappa shape index (κ2) is 12.3. The highest BCUT2D eigenvalue weighted by atomic mass is 15.1. The molecule has 0 N–H and O–H groups in total. The van der Waals surface area contributed by atoms with E-state index in [4.69, 9.17) is 0 Å². The van der Waals surface area contributed by atoms with Gasteiger partial charge in [0.25, 0.3) is 0 Å². The lowest BCUT2D eigenvalue weighted by Gasteiger charge is -2.31. The van der Waals surface area contributed by atoms with Gasteiger partial charge in [0.15, 0.2) is 0 Å². The molecule has 4 aliphatic carbocycles. The molecular weight excluding hydrogens is 615 g/mol. The van der Waals surface area contributed by atoms with Crippen LogP contribution in [0.4, 0.5) is 17.1 Å². The van der Waals surface area contributed by atoms with Crippen molar-refractivity contribution >= 4 is 27.8 Å². The third-order valence-corrected chi connectivity index (χ3v) is 13.6. The fourth-order valence-corrected chi connectivity index (χ4v) is 10.9. The minimum absolute atomic E-state index is 0.0971. The minimum Gasteiger partial charge on any atom is -0.310 e. The molecule has 4 aliphatic rings. The average molecular weight is 664 g/mol. The molecule has 3 fully saturated rings. The SMILES string of the molecule is CC1(C)c2ccc(-c3ccccc3)cc2-c2ccc(N(c3ccc(C4CCCCC4)cc3)c3ccc(C4CC5CCC4C5)c4ccccc34)cc21. The predicted octanol–water partition coefficient (Wildman–Crippen LogP) is 14.2. The lowest BCUT2D eigenvalue weighted by atomic mass is 9.81. The van der Waals surface area contributed by atoms with Crippen molar-refractivity contribution in [1.29, 1.82) is 0 Å². The Morgan fingerprint density at radius 2 is 1.31 bits per heavy atom. The van der Waals surface area contributed by atoms with Gasteiger partial charge in [-0.3, -0.25) is 0 Å². The molecule has 0 aromatic heterocycles. The van der Waals surface area contributed by atoms with E-state index >= 15 is 0 Å². The first-order valence-corrected chi connectivity index (χ1v) is 19.8. The monoisotopic (exact) mass is 663 g/mol. The van der Waals surface area contributed by atoms with Crippen LogP contribution in [0.15, 0.2) is 127 Å². The normalized spacial score (nSPS) is 21.9. The van der Waals surface area contributed by atoms with Crippen molar-refractivity contribution in [2.24, 2.45) is 11.8 Å². The van der Waals surface area contributed by atoms with E-state index in [2.05, 4.69) is 146 Å². The lowest BCUT2D eigenvalue weighted by molar-refractivity contribution is 0.422. The first-order valence-electron chi connectivity index (χ1n) is 19.8. The third-order valence-electron chi connectivity index (χ3n) is 13.6. The van der Waals surface area contributed by atoms with Crippen molar-refractivity contribution in [3.8, 4) is 22.3 Å². The van der Waals surface area contributed by atoms with E-state index < -0.39 is 0 Å². The summed E-state index contributed by atoms with van der Waals surface area (Å²) in [6.07, 6.45) is 12.4. The number of hydrogen-bond donors (Lipinski definition) is 0. The number of anilines is 3. The quantitative estimate of drug-likeness (QED) is 0.171. The van der Waals surface area contributed by atoms with Crippen molar-refractivity contribution in [3.63, 3.8) is 0 Å². The first kappa shape index (κ1) is 31.1. The van der Waals surface area contributed by atoms with Crippen LogP contribution in [0, 0.1) is 11.8 Å². The summed E-state index contributed by atoms with van der Waals surface area (Å²) in [6.45, 7) is 4.82. The van der Waals surface area contributed by atoms with Gasteiger partial charge in [0.2, 0.25) is 0 Å². The molecule has 0 amide bonds. The highest BCUT2D eigenvalue weighted by Crippen LogP contribution is 2.56. The summed E-state index contributed by atoms with van der Waals surface area (Å²) >= 11 is 0. The van der Waals surface area contributed by atoms with Crippen molar-refractivity contribution < 1.29 is 0 Å². The standard InChI is InChI=1S/C50H49N/c1-50(2)47-27-21-37(35-13-7-4-8-14-35)31-46(47)43-25-24-40(32-48(43)50)51(39-22-19-36(20-23-39)34-11-5-3-6-12-34)49-28-26-42(41-15-9-10-16-44(41)49)45-30-33-17-18-38(45)29-33/h4,7-10,13-16,19-28,31-34,38,45H,3,5-6,11-12,17-18,29-30H2,1-2H3. The Morgan fingerprint density at radius 1 is 0.549 bits per heavy atom. The van der Waals surface area contributed by atoms with Crippen molar-refractivity contribution in [1.82, 2.24) is 0 Å². The molecule has 254 valence electrons. The molecule has 1 nitrogen and oxygen atoms in total. The van der Waals surface area contributed by atoms with Gasteiger partial charge in [-0.15, -0.1) is 0 Å². The molecule has 51 heavy (non-hydrogen) atoms. The van der Waals surface area contributed by atoms with Crippen molar-refractivity contribution in [2.45, 2.75) is 88.9 Å². The molecule has 0 radical (unpaired) electrons. The highest BCUT2D eigenvalue weighted by Gasteiger charge is 2.41. The minimum atomic E-state index is -0.0971. The van der Waals surface area contributed by atoms with Crippen LogP contribution in [0.5, 0.6) is 0 Å². The molecule has 3 unspecified atom stereocenters. The van der Waals surface area contributed by atoms with Gasteiger partial charge in [0.1, 0.15) is 0 Å². The van der Waals surface area contributed by atoms with Crippen LogP contribution in [0.3, 0.4) is 0 Å². The molecule has 2 bridgehead atoms. The van der Waals surface area contributed by atoms with Gasteiger partial charge in [-0.1, -0.05) is 131 Å². The smallest absolute Gasteiger partial charge is 0.0540 e. The zero-order valence-corrected chi connectivity index (χ0v) is 30.2. The van der Waals surface area contributed by atoms with E-state index in [9.17, 15) is 0 Å². The van der Waals surface area contributed by atoms with Crippen LogP contribution in [0.1, 0.15) is 106 Å². The van der Waals surface area contributed by atoms with Gasteiger partial charge in [-0.05, 0) is 142 Å². The van der Waals surface area contributed by atoms with Gasteiger partial charge >= 0.3 is 0 Å². The molecule has 0 heterocycles. The summed E-state index contributed by atoms with van der Waals surface area (Å²) in [5.74, 6) is 3.19. The molecule has 0 aliphatic heterocycles. The maximum Gasteiger partial charge on any atom is 0.0540 e. The Bertz CT molecular complexity index is 2240. The summed E-state index contributed by atoms with van der Waals surface area (Å²) in [6, 6.07) is 49.1. The van der Waals surface area contributed by atoms with Crippen LogP contribution in [0.25, 0.3) is 33.0 Å². The van der Waals surface area contributed by atoms with E-state index in [1.165, 1.54) is 125 Å². The lowest BCUT2D eigenvalue weighted by Crippen LogP contribution is -2.17. The summed E-state index contributed by atoms with van der Waals surface area (Å²) in [5, 5.41) is 2.81. The topological polar surface area (TPSA) is 3.24 Å². The van der Waals surface area contributed by atoms with Crippen LogP contribution in [-0.4, -0.2) is 0 Å². The Morgan fingerprint density at radius 3 is 2.08 bits per heavy atom. The third kappa shape index (κ3) is 5.18. The number of fused-ring (bicyclic) bond motifs is 6. The van der Waals surface area contributed by atoms with Crippen molar-refractivity contribution in [2.75, 3.05) is 4.90 Å². The number of nitrogens with zero attached hydrogens (tertiary/aromatic N) is 1. The van der Waals surface area contributed by atoms with Crippen LogP contribution in [-0.2, 0) is 5.41 Å². The zero-order chi connectivity index (χ0) is 34.1. The predicted molar refractivity (Wildman–Crippen MR) is 216 cm³/mol. The second-order valence-corrected chi connectivity index (χ2v) is 16.7. The maximum atomic E-state index is 2.56. The largest absolute Gasteiger partial charge is 0.310 e. The fourth-order valence-electron chi connectivity index (χ4n) is 10.9.